The summed E-state index contributed by atoms with van der Waals surface area (Å²) in [6.45, 7) is 14.3. The van der Waals surface area contributed by atoms with E-state index in [0.29, 0.717) is 23.0 Å². The molecule has 172 valence electrons. The molecule has 3 rings (SSSR count). The molecule has 3 aromatic carbocycles. The van der Waals surface area contributed by atoms with Crippen LogP contribution in [0.15, 0.2) is 66.8 Å². The third-order valence-electron chi connectivity index (χ3n) is 5.55. The lowest BCUT2D eigenvalue weighted by Gasteiger charge is -2.16. The van der Waals surface area contributed by atoms with Gasteiger partial charge in [0, 0.05) is 28.9 Å². The van der Waals surface area contributed by atoms with Crippen molar-refractivity contribution in [2.24, 2.45) is 0 Å². The molecule has 0 amide bonds. The number of esters is 2. The maximum atomic E-state index is 15.1. The van der Waals surface area contributed by atoms with E-state index in [9.17, 15) is 9.59 Å². The molecule has 0 bridgehead atoms. The molecule has 0 fully saturated rings. The number of carbonyl (C=O) groups excluding carboxylic acids is 2. The fraction of sp³-hybridized carbons (Fsp3) is 0.286. The highest BCUT2D eigenvalue weighted by molar-refractivity contribution is 6.08. The van der Waals surface area contributed by atoms with Crippen molar-refractivity contribution >= 4 is 33.5 Å². The minimum absolute atomic E-state index is 0.0847. The average Bonchev–Trinajstić information content (AvgIpc) is 2.76. The first-order valence-electron chi connectivity index (χ1n) is 10.9. The lowest BCUT2D eigenvalue weighted by molar-refractivity contribution is -0.143. The standard InChI is InChI=1S/C28H29FO4/c1-16(2)27(30)32-15-18(5)21-8-10-24-23-9-7-20(11-19(6)33-28(31)17(3)4)12-22(23)14-26(29)25(24)13-21/h7-10,12-14,18-19H,1,3,11,15H2,2,4-6H3. The Morgan fingerprint density at radius 3 is 2.24 bits per heavy atom. The molecule has 0 aliphatic carbocycles. The van der Waals surface area contributed by atoms with Gasteiger partial charge in [0.05, 0.1) is 6.61 Å². The van der Waals surface area contributed by atoms with Gasteiger partial charge in [0.25, 0.3) is 0 Å². The predicted octanol–water partition coefficient (Wildman–Crippen LogP) is 6.41. The first kappa shape index (κ1) is 24.2. The molecule has 0 aromatic heterocycles. The first-order valence-corrected chi connectivity index (χ1v) is 10.9. The fourth-order valence-electron chi connectivity index (χ4n) is 3.70. The Balaban J connectivity index is 1.86. The summed E-state index contributed by atoms with van der Waals surface area (Å²) in [5.74, 6) is -1.25. The number of fused-ring (bicyclic) bond motifs is 3. The Labute approximate surface area is 193 Å². The number of hydrogen-bond donors (Lipinski definition) is 0. The highest BCUT2D eigenvalue weighted by Gasteiger charge is 2.15. The van der Waals surface area contributed by atoms with Crippen LogP contribution in [0.25, 0.3) is 21.5 Å². The maximum Gasteiger partial charge on any atom is 0.333 e. The van der Waals surface area contributed by atoms with Crippen LogP contribution in [-0.2, 0) is 25.5 Å². The zero-order chi connectivity index (χ0) is 24.3. The van der Waals surface area contributed by atoms with Crippen molar-refractivity contribution in [1.82, 2.24) is 0 Å². The van der Waals surface area contributed by atoms with Crippen LogP contribution < -0.4 is 0 Å². The number of rotatable bonds is 8. The van der Waals surface area contributed by atoms with Gasteiger partial charge in [-0.3, -0.25) is 0 Å². The molecule has 0 radical (unpaired) electrons. The van der Waals surface area contributed by atoms with Crippen molar-refractivity contribution in [1.29, 1.82) is 0 Å². The van der Waals surface area contributed by atoms with Gasteiger partial charge in [-0.1, -0.05) is 50.4 Å². The molecule has 0 saturated heterocycles. The Bertz CT molecular complexity index is 1260. The Morgan fingerprint density at radius 1 is 0.909 bits per heavy atom. The summed E-state index contributed by atoms with van der Waals surface area (Å²) < 4.78 is 25.7. The van der Waals surface area contributed by atoms with Crippen LogP contribution in [-0.4, -0.2) is 24.6 Å². The number of benzene rings is 3. The smallest absolute Gasteiger partial charge is 0.333 e. The van der Waals surface area contributed by atoms with Crippen molar-refractivity contribution < 1.29 is 23.5 Å². The van der Waals surface area contributed by atoms with Crippen LogP contribution in [0.2, 0.25) is 0 Å². The summed E-state index contributed by atoms with van der Waals surface area (Å²) >= 11 is 0. The van der Waals surface area contributed by atoms with Gasteiger partial charge in [0.15, 0.2) is 0 Å². The molecule has 4 nitrogen and oxygen atoms in total. The van der Waals surface area contributed by atoms with Gasteiger partial charge in [-0.05, 0) is 60.2 Å². The molecule has 0 aliphatic heterocycles. The normalized spacial score (nSPS) is 12.9. The minimum Gasteiger partial charge on any atom is -0.462 e. The van der Waals surface area contributed by atoms with Crippen LogP contribution in [0, 0.1) is 5.82 Å². The topological polar surface area (TPSA) is 52.6 Å². The van der Waals surface area contributed by atoms with E-state index < -0.39 is 11.9 Å². The monoisotopic (exact) mass is 448 g/mol. The van der Waals surface area contributed by atoms with Gasteiger partial charge >= 0.3 is 11.9 Å². The second kappa shape index (κ2) is 9.99. The average molecular weight is 449 g/mol. The Hall–Kier alpha value is -3.47. The van der Waals surface area contributed by atoms with E-state index in [1.807, 2.05) is 50.2 Å². The van der Waals surface area contributed by atoms with Gasteiger partial charge in [-0.25, -0.2) is 14.0 Å². The van der Waals surface area contributed by atoms with Crippen molar-refractivity contribution in [2.45, 2.75) is 46.1 Å². The van der Waals surface area contributed by atoms with E-state index in [0.717, 1.165) is 27.3 Å². The van der Waals surface area contributed by atoms with Gasteiger partial charge in [0.2, 0.25) is 0 Å². The van der Waals surface area contributed by atoms with E-state index in [4.69, 9.17) is 9.47 Å². The molecule has 5 heteroatoms. The van der Waals surface area contributed by atoms with Crippen LogP contribution in [0.1, 0.15) is 44.7 Å². The van der Waals surface area contributed by atoms with Gasteiger partial charge in [-0.2, -0.15) is 0 Å². The number of ether oxygens (including phenoxy) is 2. The van der Waals surface area contributed by atoms with E-state index in [2.05, 4.69) is 13.2 Å². The quantitative estimate of drug-likeness (QED) is 0.227. The van der Waals surface area contributed by atoms with Gasteiger partial charge in [-0.15, -0.1) is 0 Å². The molecular weight excluding hydrogens is 419 g/mol. The predicted molar refractivity (Wildman–Crippen MR) is 130 cm³/mol. The molecule has 0 heterocycles. The Kier molecular flexibility index (Phi) is 7.32. The summed E-state index contributed by atoms with van der Waals surface area (Å²) in [4.78, 5) is 23.4. The van der Waals surface area contributed by atoms with Crippen molar-refractivity contribution in [2.75, 3.05) is 6.61 Å². The van der Waals surface area contributed by atoms with Crippen LogP contribution in [0.5, 0.6) is 0 Å². The van der Waals surface area contributed by atoms with Gasteiger partial charge < -0.3 is 9.47 Å². The molecular formula is C28H29FO4. The summed E-state index contributed by atoms with van der Waals surface area (Å²) in [6.07, 6.45) is 0.202. The summed E-state index contributed by atoms with van der Waals surface area (Å²) in [7, 11) is 0. The summed E-state index contributed by atoms with van der Waals surface area (Å²) in [5.41, 5.74) is 2.55. The maximum absolute atomic E-state index is 15.1. The lowest BCUT2D eigenvalue weighted by Crippen LogP contribution is -2.17. The molecule has 0 aliphatic rings. The summed E-state index contributed by atoms with van der Waals surface area (Å²) in [6, 6.07) is 13.1. The van der Waals surface area contributed by atoms with Crippen molar-refractivity contribution in [3.05, 3.63) is 83.7 Å². The SMILES string of the molecule is C=C(C)C(=O)OCC(C)c1ccc2c(c1)c(F)cc1cc(CC(C)OC(=O)C(=C)C)ccc12. The molecule has 0 N–H and O–H groups in total. The summed E-state index contributed by atoms with van der Waals surface area (Å²) in [5, 5.41) is 3.06. The van der Waals surface area contributed by atoms with E-state index >= 15 is 4.39 Å². The zero-order valence-electron chi connectivity index (χ0n) is 19.5. The fourth-order valence-corrected chi connectivity index (χ4v) is 3.70. The van der Waals surface area contributed by atoms with Crippen molar-refractivity contribution in [3.63, 3.8) is 0 Å². The number of halogens is 1. The number of hydrogen-bond acceptors (Lipinski definition) is 4. The molecule has 3 aromatic rings. The number of carbonyl (C=O) groups is 2. The highest BCUT2D eigenvalue weighted by atomic mass is 19.1. The third kappa shape index (κ3) is 5.67. The second-order valence-electron chi connectivity index (χ2n) is 8.70. The minimum atomic E-state index is -0.431. The zero-order valence-corrected chi connectivity index (χ0v) is 19.5. The van der Waals surface area contributed by atoms with Gasteiger partial charge in [0.1, 0.15) is 11.9 Å². The van der Waals surface area contributed by atoms with Crippen molar-refractivity contribution in [3.8, 4) is 0 Å². The molecule has 0 spiro atoms. The molecule has 2 unspecified atom stereocenters. The first-order chi connectivity index (χ1) is 15.6. The van der Waals surface area contributed by atoms with E-state index in [-0.39, 0.29) is 24.4 Å². The van der Waals surface area contributed by atoms with E-state index in [1.54, 1.807) is 13.8 Å². The lowest BCUT2D eigenvalue weighted by atomic mass is 9.94. The largest absolute Gasteiger partial charge is 0.462 e. The second-order valence-corrected chi connectivity index (χ2v) is 8.70. The molecule has 2 atom stereocenters. The molecule has 33 heavy (non-hydrogen) atoms. The Morgan fingerprint density at radius 2 is 1.58 bits per heavy atom. The van der Waals surface area contributed by atoms with Crippen LogP contribution >= 0.6 is 0 Å². The van der Waals surface area contributed by atoms with E-state index in [1.165, 1.54) is 6.07 Å². The van der Waals surface area contributed by atoms with Crippen LogP contribution in [0.3, 0.4) is 0 Å². The highest BCUT2D eigenvalue weighted by Crippen LogP contribution is 2.31. The van der Waals surface area contributed by atoms with Crippen LogP contribution in [0.4, 0.5) is 4.39 Å². The molecule has 0 saturated carbocycles. The third-order valence-corrected chi connectivity index (χ3v) is 5.55.